The van der Waals surface area contributed by atoms with Crippen molar-refractivity contribution >= 4 is 29.3 Å². The Hall–Kier alpha value is -1.53. The largest absolute Gasteiger partial charge is 0.355 e. The summed E-state index contributed by atoms with van der Waals surface area (Å²) in [7, 11) is 0. The first-order valence-corrected chi connectivity index (χ1v) is 8.53. The fourth-order valence-corrected chi connectivity index (χ4v) is 2.44. The summed E-state index contributed by atoms with van der Waals surface area (Å²) >= 11 is 1.33. The minimum atomic E-state index is -0.248. The third-order valence-electron chi connectivity index (χ3n) is 3.10. The number of nitrogens with one attached hydrogen (secondary N) is 2. The van der Waals surface area contributed by atoms with E-state index in [-0.39, 0.29) is 22.8 Å². The summed E-state index contributed by atoms with van der Waals surface area (Å²) in [5.74, 6) is 0.118. The molecule has 1 aromatic rings. The van der Waals surface area contributed by atoms with Gasteiger partial charge in [-0.25, -0.2) is 0 Å². The first kappa shape index (κ1) is 18.5. The Kier molecular flexibility index (Phi) is 8.62. The van der Waals surface area contributed by atoms with Crippen LogP contribution < -0.4 is 16.4 Å². The summed E-state index contributed by atoms with van der Waals surface area (Å²) in [6.07, 6.45) is 1.79. The van der Waals surface area contributed by atoms with E-state index in [9.17, 15) is 9.59 Å². The quantitative estimate of drug-likeness (QED) is 0.606. The Morgan fingerprint density at radius 1 is 1.23 bits per heavy atom. The molecule has 0 aliphatic carbocycles. The van der Waals surface area contributed by atoms with Crippen LogP contribution in [0.5, 0.6) is 0 Å². The monoisotopic (exact) mass is 323 g/mol. The van der Waals surface area contributed by atoms with Crippen LogP contribution >= 0.6 is 11.8 Å². The van der Waals surface area contributed by atoms with E-state index < -0.39 is 0 Å². The van der Waals surface area contributed by atoms with Crippen LogP contribution in [-0.2, 0) is 9.59 Å². The molecule has 0 aliphatic heterocycles. The molecule has 0 saturated carbocycles. The van der Waals surface area contributed by atoms with E-state index in [2.05, 4.69) is 10.6 Å². The third kappa shape index (κ3) is 7.47. The standard InChI is InChI=1S/C16H25N3O2S/c1-12-5-7-14(8-6-12)19-15(20)11-22-13(2)16(21)18-10-4-3-9-17/h5-8,13H,3-4,9-11,17H2,1-2H3,(H,18,21)(H,19,20). The molecule has 0 fully saturated rings. The van der Waals surface area contributed by atoms with E-state index in [0.717, 1.165) is 24.1 Å². The van der Waals surface area contributed by atoms with Crippen molar-refractivity contribution in [1.29, 1.82) is 0 Å². The predicted molar refractivity (Wildman–Crippen MR) is 93.0 cm³/mol. The number of hydrogen-bond donors (Lipinski definition) is 3. The first-order valence-electron chi connectivity index (χ1n) is 7.49. The maximum absolute atomic E-state index is 11.8. The van der Waals surface area contributed by atoms with Gasteiger partial charge in [0, 0.05) is 12.2 Å². The van der Waals surface area contributed by atoms with E-state index in [1.54, 1.807) is 0 Å². The van der Waals surface area contributed by atoms with Gasteiger partial charge in [0.2, 0.25) is 11.8 Å². The van der Waals surface area contributed by atoms with Crippen molar-refractivity contribution in [2.24, 2.45) is 5.73 Å². The highest BCUT2D eigenvalue weighted by Gasteiger charge is 2.14. The number of rotatable bonds is 9. The molecule has 122 valence electrons. The zero-order valence-electron chi connectivity index (χ0n) is 13.2. The Balaban J connectivity index is 2.24. The maximum atomic E-state index is 11.8. The zero-order valence-corrected chi connectivity index (χ0v) is 14.0. The molecule has 6 heteroatoms. The lowest BCUT2D eigenvalue weighted by Gasteiger charge is -2.12. The highest BCUT2D eigenvalue weighted by molar-refractivity contribution is 8.01. The second kappa shape index (κ2) is 10.2. The van der Waals surface area contributed by atoms with Crippen molar-refractivity contribution in [3.63, 3.8) is 0 Å². The average Bonchev–Trinajstić information content (AvgIpc) is 2.51. The van der Waals surface area contributed by atoms with Crippen molar-refractivity contribution in [1.82, 2.24) is 5.32 Å². The SMILES string of the molecule is Cc1ccc(NC(=O)CSC(C)C(=O)NCCCCN)cc1. The Morgan fingerprint density at radius 2 is 1.91 bits per heavy atom. The molecule has 5 nitrogen and oxygen atoms in total. The molecule has 0 aromatic heterocycles. The molecule has 0 heterocycles. The lowest BCUT2D eigenvalue weighted by Crippen LogP contribution is -2.32. The van der Waals surface area contributed by atoms with Crippen LogP contribution in [0.15, 0.2) is 24.3 Å². The minimum absolute atomic E-state index is 0.0369. The van der Waals surface area contributed by atoms with Gasteiger partial charge in [-0.05, 0) is 45.4 Å². The van der Waals surface area contributed by atoms with Gasteiger partial charge in [0.25, 0.3) is 0 Å². The number of aryl methyl sites for hydroxylation is 1. The molecule has 22 heavy (non-hydrogen) atoms. The van der Waals surface area contributed by atoms with Crippen LogP contribution in [0.4, 0.5) is 5.69 Å². The summed E-state index contributed by atoms with van der Waals surface area (Å²) in [4.78, 5) is 23.7. The first-order chi connectivity index (χ1) is 10.5. The van der Waals surface area contributed by atoms with Crippen molar-refractivity contribution in [2.75, 3.05) is 24.2 Å². The molecule has 2 amide bonds. The smallest absolute Gasteiger partial charge is 0.234 e. The second-order valence-electron chi connectivity index (χ2n) is 5.15. The van der Waals surface area contributed by atoms with E-state index >= 15 is 0 Å². The lowest BCUT2D eigenvalue weighted by molar-refractivity contribution is -0.120. The summed E-state index contributed by atoms with van der Waals surface area (Å²) < 4.78 is 0. The van der Waals surface area contributed by atoms with Gasteiger partial charge in [-0.15, -0.1) is 11.8 Å². The van der Waals surface area contributed by atoms with Crippen LogP contribution in [-0.4, -0.2) is 35.9 Å². The van der Waals surface area contributed by atoms with E-state index in [4.69, 9.17) is 5.73 Å². The molecule has 0 bridgehead atoms. The van der Waals surface area contributed by atoms with Gasteiger partial charge >= 0.3 is 0 Å². The molecule has 0 aliphatic rings. The summed E-state index contributed by atoms with van der Waals surface area (Å²) in [6, 6.07) is 7.62. The van der Waals surface area contributed by atoms with E-state index in [0.29, 0.717) is 13.1 Å². The Bertz CT molecular complexity index is 477. The van der Waals surface area contributed by atoms with Gasteiger partial charge in [0.1, 0.15) is 0 Å². The number of unbranched alkanes of at least 4 members (excludes halogenated alkanes) is 1. The maximum Gasteiger partial charge on any atom is 0.234 e. The van der Waals surface area contributed by atoms with Crippen LogP contribution in [0.1, 0.15) is 25.3 Å². The average molecular weight is 323 g/mol. The third-order valence-corrected chi connectivity index (χ3v) is 4.24. The number of amides is 2. The lowest BCUT2D eigenvalue weighted by atomic mass is 10.2. The molecule has 1 rings (SSSR count). The number of anilines is 1. The zero-order chi connectivity index (χ0) is 16.4. The fraction of sp³-hybridized carbons (Fsp3) is 0.500. The highest BCUT2D eigenvalue weighted by Crippen LogP contribution is 2.13. The highest BCUT2D eigenvalue weighted by atomic mass is 32.2. The van der Waals surface area contributed by atoms with Crippen LogP contribution in [0.3, 0.4) is 0 Å². The van der Waals surface area contributed by atoms with Gasteiger partial charge in [0.15, 0.2) is 0 Å². The number of thioether (sulfide) groups is 1. The van der Waals surface area contributed by atoms with Gasteiger partial charge < -0.3 is 16.4 Å². The molecule has 0 spiro atoms. The van der Waals surface area contributed by atoms with Crippen LogP contribution in [0.2, 0.25) is 0 Å². The predicted octanol–water partition coefficient (Wildman–Crippen LogP) is 1.91. The van der Waals surface area contributed by atoms with Gasteiger partial charge in [-0.1, -0.05) is 17.7 Å². The normalized spacial score (nSPS) is 11.8. The van der Waals surface area contributed by atoms with Crippen LogP contribution in [0.25, 0.3) is 0 Å². The number of benzene rings is 1. The number of carbonyl (C=O) groups is 2. The molecule has 1 unspecified atom stereocenters. The van der Waals surface area contributed by atoms with Crippen molar-refractivity contribution < 1.29 is 9.59 Å². The molecule has 1 aromatic carbocycles. The van der Waals surface area contributed by atoms with Gasteiger partial charge in [-0.3, -0.25) is 9.59 Å². The van der Waals surface area contributed by atoms with Gasteiger partial charge in [0.05, 0.1) is 11.0 Å². The second-order valence-corrected chi connectivity index (χ2v) is 6.48. The van der Waals surface area contributed by atoms with Gasteiger partial charge in [-0.2, -0.15) is 0 Å². The molecule has 4 N–H and O–H groups in total. The molecular weight excluding hydrogens is 298 g/mol. The van der Waals surface area contributed by atoms with Crippen molar-refractivity contribution in [2.45, 2.75) is 31.9 Å². The fourth-order valence-electron chi connectivity index (χ4n) is 1.73. The summed E-state index contributed by atoms with van der Waals surface area (Å²) in [5.41, 5.74) is 7.32. The van der Waals surface area contributed by atoms with Crippen molar-refractivity contribution in [3.8, 4) is 0 Å². The Morgan fingerprint density at radius 3 is 2.55 bits per heavy atom. The van der Waals surface area contributed by atoms with E-state index in [1.807, 2.05) is 38.1 Å². The van der Waals surface area contributed by atoms with Crippen molar-refractivity contribution in [3.05, 3.63) is 29.8 Å². The topological polar surface area (TPSA) is 84.2 Å². The van der Waals surface area contributed by atoms with E-state index in [1.165, 1.54) is 11.8 Å². The molecule has 0 radical (unpaired) electrons. The Labute approximate surface area is 136 Å². The molecular formula is C16H25N3O2S. The number of hydrogen-bond acceptors (Lipinski definition) is 4. The number of nitrogens with two attached hydrogens (primary N) is 1. The minimum Gasteiger partial charge on any atom is -0.355 e. The molecule has 0 saturated heterocycles. The summed E-state index contributed by atoms with van der Waals surface area (Å²) in [6.45, 7) is 5.08. The summed E-state index contributed by atoms with van der Waals surface area (Å²) in [5, 5.41) is 5.42. The van der Waals surface area contributed by atoms with Crippen LogP contribution in [0, 0.1) is 6.92 Å². The number of carbonyl (C=O) groups excluding carboxylic acids is 2. The molecule has 1 atom stereocenters.